The summed E-state index contributed by atoms with van der Waals surface area (Å²) in [6.07, 6.45) is 0. The summed E-state index contributed by atoms with van der Waals surface area (Å²) in [5.74, 6) is 0.628. The summed E-state index contributed by atoms with van der Waals surface area (Å²) in [4.78, 5) is 13.4. The zero-order valence-corrected chi connectivity index (χ0v) is 13.8. The van der Waals surface area contributed by atoms with Crippen LogP contribution in [0.2, 0.25) is 0 Å². The van der Waals surface area contributed by atoms with Crippen molar-refractivity contribution in [2.45, 2.75) is 11.8 Å². The molecular formula is C21H18OS. The van der Waals surface area contributed by atoms with Crippen molar-refractivity contribution in [1.82, 2.24) is 0 Å². The Morgan fingerprint density at radius 3 is 2.04 bits per heavy atom. The van der Waals surface area contributed by atoms with Crippen LogP contribution in [0.4, 0.5) is 0 Å². The molecule has 0 unspecified atom stereocenters. The lowest BCUT2D eigenvalue weighted by atomic mass is 10.0. The predicted molar refractivity (Wildman–Crippen MR) is 98.1 cm³/mol. The number of aryl methyl sites for hydroxylation is 1. The van der Waals surface area contributed by atoms with Crippen LogP contribution in [0.15, 0.2) is 83.8 Å². The van der Waals surface area contributed by atoms with Gasteiger partial charge in [0, 0.05) is 10.5 Å². The van der Waals surface area contributed by atoms with Crippen LogP contribution in [0.5, 0.6) is 0 Å². The molecule has 23 heavy (non-hydrogen) atoms. The van der Waals surface area contributed by atoms with Gasteiger partial charge in [0.25, 0.3) is 0 Å². The summed E-state index contributed by atoms with van der Waals surface area (Å²) in [5.41, 5.74) is 4.30. The van der Waals surface area contributed by atoms with Gasteiger partial charge in [-0.15, -0.1) is 11.8 Å². The number of thioether (sulfide) groups is 1. The van der Waals surface area contributed by atoms with Gasteiger partial charge in [0.1, 0.15) is 0 Å². The Kier molecular flexibility index (Phi) is 4.94. The quantitative estimate of drug-likeness (QED) is 0.447. The summed E-state index contributed by atoms with van der Waals surface area (Å²) >= 11 is 1.58. The summed E-state index contributed by atoms with van der Waals surface area (Å²) in [6, 6.07) is 26.3. The second-order valence-electron chi connectivity index (χ2n) is 5.47. The van der Waals surface area contributed by atoms with Gasteiger partial charge in [-0.1, -0.05) is 72.3 Å². The fraction of sp³-hybridized carbons (Fsp3) is 0.0952. The second-order valence-corrected chi connectivity index (χ2v) is 6.52. The first kappa shape index (κ1) is 15.6. The fourth-order valence-electron chi connectivity index (χ4n) is 2.35. The molecule has 2 heteroatoms. The maximum Gasteiger partial charge on any atom is 0.173 e. The molecular weight excluding hydrogens is 300 g/mol. The molecule has 0 aliphatic rings. The number of Topliss-reactive ketones (excluding diaryl/α,β-unsaturated/α-hetero) is 1. The molecule has 0 fully saturated rings. The zero-order valence-electron chi connectivity index (χ0n) is 13.0. The first-order valence-corrected chi connectivity index (χ1v) is 8.59. The molecule has 0 heterocycles. The first-order chi connectivity index (χ1) is 11.2. The number of carbonyl (C=O) groups is 1. The third-order valence-electron chi connectivity index (χ3n) is 3.70. The highest BCUT2D eigenvalue weighted by Crippen LogP contribution is 2.22. The van der Waals surface area contributed by atoms with Crippen LogP contribution in [0, 0.1) is 6.92 Å². The molecule has 0 aromatic heterocycles. The van der Waals surface area contributed by atoms with Crippen molar-refractivity contribution in [3.8, 4) is 11.1 Å². The number of benzene rings is 3. The number of hydrogen-bond acceptors (Lipinski definition) is 2. The maximum absolute atomic E-state index is 12.3. The van der Waals surface area contributed by atoms with E-state index in [1.165, 1.54) is 11.1 Å². The van der Waals surface area contributed by atoms with Crippen LogP contribution in [0.25, 0.3) is 11.1 Å². The van der Waals surface area contributed by atoms with E-state index in [0.29, 0.717) is 5.75 Å². The average molecular weight is 318 g/mol. The van der Waals surface area contributed by atoms with Gasteiger partial charge < -0.3 is 0 Å². The van der Waals surface area contributed by atoms with Crippen molar-refractivity contribution in [2.24, 2.45) is 0 Å². The van der Waals surface area contributed by atoms with Gasteiger partial charge in [-0.2, -0.15) is 0 Å². The topological polar surface area (TPSA) is 17.1 Å². The lowest BCUT2D eigenvalue weighted by molar-refractivity contribution is 0.102. The largest absolute Gasteiger partial charge is 0.293 e. The molecule has 0 N–H and O–H groups in total. The Hall–Kier alpha value is -2.32. The second kappa shape index (κ2) is 7.30. The molecule has 0 spiro atoms. The predicted octanol–water partition coefficient (Wildman–Crippen LogP) is 5.64. The molecule has 1 nitrogen and oxygen atoms in total. The Bertz CT molecular complexity index is 774. The minimum absolute atomic E-state index is 0.162. The minimum atomic E-state index is 0.162. The van der Waals surface area contributed by atoms with E-state index in [4.69, 9.17) is 0 Å². The van der Waals surface area contributed by atoms with E-state index in [1.54, 1.807) is 11.8 Å². The Labute approximate surface area is 141 Å². The molecule has 3 aromatic rings. The van der Waals surface area contributed by atoms with E-state index in [9.17, 15) is 4.79 Å². The van der Waals surface area contributed by atoms with E-state index < -0.39 is 0 Å². The molecule has 0 aliphatic heterocycles. The van der Waals surface area contributed by atoms with Gasteiger partial charge in [-0.25, -0.2) is 0 Å². The highest BCUT2D eigenvalue weighted by atomic mass is 32.2. The number of hydrogen-bond donors (Lipinski definition) is 0. The summed E-state index contributed by atoms with van der Waals surface area (Å²) in [6.45, 7) is 2.06. The standard InChI is InChI=1S/C21H18OS/c1-16-7-13-20(14-8-16)23-15-21(22)19-11-9-18(10-12-19)17-5-3-2-4-6-17/h2-14H,15H2,1H3. The molecule has 0 radical (unpaired) electrons. The molecule has 3 rings (SSSR count). The van der Waals surface area contributed by atoms with Gasteiger partial charge >= 0.3 is 0 Å². The molecule has 0 bridgehead atoms. The maximum atomic E-state index is 12.3. The molecule has 0 amide bonds. The van der Waals surface area contributed by atoms with Crippen LogP contribution >= 0.6 is 11.8 Å². The van der Waals surface area contributed by atoms with Crippen LogP contribution in [0.1, 0.15) is 15.9 Å². The molecule has 114 valence electrons. The van der Waals surface area contributed by atoms with Crippen molar-refractivity contribution < 1.29 is 4.79 Å². The van der Waals surface area contributed by atoms with Crippen molar-refractivity contribution >= 4 is 17.5 Å². The Morgan fingerprint density at radius 2 is 1.39 bits per heavy atom. The van der Waals surface area contributed by atoms with Gasteiger partial charge in [-0.3, -0.25) is 4.79 Å². The van der Waals surface area contributed by atoms with Gasteiger partial charge in [0.15, 0.2) is 5.78 Å². The average Bonchev–Trinajstić information content (AvgIpc) is 2.62. The van der Waals surface area contributed by atoms with Crippen molar-refractivity contribution in [3.05, 3.63) is 90.0 Å². The molecule has 0 saturated carbocycles. The van der Waals surface area contributed by atoms with Gasteiger partial charge in [-0.05, 0) is 30.2 Å². The van der Waals surface area contributed by atoms with Crippen LogP contribution in [0.3, 0.4) is 0 Å². The zero-order chi connectivity index (χ0) is 16.1. The van der Waals surface area contributed by atoms with Crippen molar-refractivity contribution in [1.29, 1.82) is 0 Å². The van der Waals surface area contributed by atoms with Crippen LogP contribution < -0.4 is 0 Å². The third-order valence-corrected chi connectivity index (χ3v) is 4.72. The SMILES string of the molecule is Cc1ccc(SCC(=O)c2ccc(-c3ccccc3)cc2)cc1. The minimum Gasteiger partial charge on any atom is -0.293 e. The summed E-state index contributed by atoms with van der Waals surface area (Å²) < 4.78 is 0. The lowest BCUT2D eigenvalue weighted by Gasteiger charge is -2.05. The van der Waals surface area contributed by atoms with Crippen LogP contribution in [-0.4, -0.2) is 11.5 Å². The smallest absolute Gasteiger partial charge is 0.173 e. The number of rotatable bonds is 5. The number of carbonyl (C=O) groups excluding carboxylic acids is 1. The van der Waals surface area contributed by atoms with Crippen LogP contribution in [-0.2, 0) is 0 Å². The van der Waals surface area contributed by atoms with E-state index in [2.05, 4.69) is 43.3 Å². The molecule has 0 saturated heterocycles. The fourth-order valence-corrected chi connectivity index (χ4v) is 3.14. The van der Waals surface area contributed by atoms with Crippen molar-refractivity contribution in [3.63, 3.8) is 0 Å². The van der Waals surface area contributed by atoms with Gasteiger partial charge in [0.05, 0.1) is 5.75 Å². The Morgan fingerprint density at radius 1 is 0.783 bits per heavy atom. The normalized spacial score (nSPS) is 10.5. The van der Waals surface area contributed by atoms with E-state index in [-0.39, 0.29) is 5.78 Å². The first-order valence-electron chi connectivity index (χ1n) is 7.60. The highest BCUT2D eigenvalue weighted by molar-refractivity contribution is 8.00. The Balaban J connectivity index is 1.65. The summed E-state index contributed by atoms with van der Waals surface area (Å²) in [7, 11) is 0. The molecule has 0 aliphatic carbocycles. The summed E-state index contributed by atoms with van der Waals surface area (Å²) in [5, 5.41) is 0. The molecule has 3 aromatic carbocycles. The molecule has 0 atom stereocenters. The highest BCUT2D eigenvalue weighted by Gasteiger charge is 2.07. The van der Waals surface area contributed by atoms with Gasteiger partial charge in [0.2, 0.25) is 0 Å². The van der Waals surface area contributed by atoms with E-state index in [1.807, 2.05) is 42.5 Å². The van der Waals surface area contributed by atoms with E-state index >= 15 is 0 Å². The van der Waals surface area contributed by atoms with E-state index in [0.717, 1.165) is 16.0 Å². The van der Waals surface area contributed by atoms with Crippen molar-refractivity contribution in [2.75, 3.05) is 5.75 Å². The number of ketones is 1. The third kappa shape index (κ3) is 4.11. The monoisotopic (exact) mass is 318 g/mol. The lowest BCUT2D eigenvalue weighted by Crippen LogP contribution is -2.02.